The van der Waals surface area contributed by atoms with Gasteiger partial charge in [-0.3, -0.25) is 0 Å². The molecule has 0 saturated heterocycles. The van der Waals surface area contributed by atoms with E-state index in [0.717, 1.165) is 21.9 Å². The average Bonchev–Trinajstić information content (AvgIpc) is 3.60. The van der Waals surface area contributed by atoms with E-state index >= 15 is 0 Å². The van der Waals surface area contributed by atoms with Crippen LogP contribution >= 0.6 is 0 Å². The highest BCUT2D eigenvalue weighted by molar-refractivity contribution is 6.27. The Bertz CT molecular complexity index is 2410. The summed E-state index contributed by atoms with van der Waals surface area (Å²) in [4.78, 5) is 0. The van der Waals surface area contributed by atoms with E-state index < -0.39 is 0 Å². The van der Waals surface area contributed by atoms with Gasteiger partial charge in [-0.05, 0) is 51.6 Å². The number of pyridine rings is 1. The first-order valence-corrected chi connectivity index (χ1v) is 13.7. The van der Waals surface area contributed by atoms with E-state index in [4.69, 9.17) is 4.42 Å². The third-order valence-corrected chi connectivity index (χ3v) is 8.35. The number of para-hydroxylation sites is 1. The molecular weight excluding hydrogens is 486 g/mol. The van der Waals surface area contributed by atoms with Gasteiger partial charge in [0.1, 0.15) is 11.2 Å². The fourth-order valence-corrected chi connectivity index (χ4v) is 6.58. The average molecular weight is 510 g/mol. The van der Waals surface area contributed by atoms with E-state index in [2.05, 4.69) is 138 Å². The Kier molecular flexibility index (Phi) is 4.36. The second kappa shape index (κ2) is 8.08. The van der Waals surface area contributed by atoms with Gasteiger partial charge in [-0.15, -0.1) is 0 Å². The highest BCUT2D eigenvalue weighted by Gasteiger charge is 2.21. The van der Waals surface area contributed by atoms with Gasteiger partial charge < -0.3 is 8.82 Å². The third-order valence-electron chi connectivity index (χ3n) is 8.35. The molecule has 0 bridgehead atoms. The summed E-state index contributed by atoms with van der Waals surface area (Å²) in [5.41, 5.74) is 9.07. The Morgan fingerprint density at radius 1 is 0.450 bits per heavy atom. The van der Waals surface area contributed by atoms with Crippen molar-refractivity contribution >= 4 is 59.9 Å². The van der Waals surface area contributed by atoms with Gasteiger partial charge in [0, 0.05) is 27.1 Å². The van der Waals surface area contributed by atoms with Crippen molar-refractivity contribution < 1.29 is 4.42 Å². The van der Waals surface area contributed by atoms with E-state index in [1.165, 1.54) is 60.3 Å². The van der Waals surface area contributed by atoms with Gasteiger partial charge in [-0.1, -0.05) is 115 Å². The molecule has 9 rings (SSSR count). The van der Waals surface area contributed by atoms with Crippen molar-refractivity contribution in [2.45, 2.75) is 0 Å². The lowest BCUT2D eigenvalue weighted by Gasteiger charge is -2.15. The molecule has 3 heterocycles. The van der Waals surface area contributed by atoms with E-state index in [-0.39, 0.29) is 0 Å². The Morgan fingerprint density at radius 2 is 1.15 bits per heavy atom. The van der Waals surface area contributed by atoms with Crippen molar-refractivity contribution in [3.63, 3.8) is 0 Å². The summed E-state index contributed by atoms with van der Waals surface area (Å²) in [6.07, 6.45) is 0. The molecule has 0 aliphatic carbocycles. The van der Waals surface area contributed by atoms with Gasteiger partial charge >= 0.3 is 0 Å². The molecule has 0 fully saturated rings. The maximum absolute atomic E-state index is 6.39. The molecule has 0 radical (unpaired) electrons. The SMILES string of the molecule is c1ccc(-c2cc(-c3ccccc3)n3c4cc5c(cc4c4ccc6ccccc6c4c23)oc2ccccc25)cc1. The van der Waals surface area contributed by atoms with E-state index in [1.807, 2.05) is 6.07 Å². The van der Waals surface area contributed by atoms with Crippen LogP contribution in [0.5, 0.6) is 0 Å². The van der Waals surface area contributed by atoms with Crippen LogP contribution in [-0.4, -0.2) is 4.40 Å². The molecule has 6 aromatic carbocycles. The molecule has 40 heavy (non-hydrogen) atoms. The molecule has 0 saturated carbocycles. The lowest BCUT2D eigenvalue weighted by atomic mass is 9.95. The van der Waals surface area contributed by atoms with Gasteiger partial charge in [-0.25, -0.2) is 0 Å². The topological polar surface area (TPSA) is 17.6 Å². The summed E-state index contributed by atoms with van der Waals surface area (Å²) < 4.78 is 8.88. The highest BCUT2D eigenvalue weighted by atomic mass is 16.3. The monoisotopic (exact) mass is 509 g/mol. The van der Waals surface area contributed by atoms with Crippen molar-refractivity contribution in [1.82, 2.24) is 4.40 Å². The second-order valence-electron chi connectivity index (χ2n) is 10.5. The number of rotatable bonds is 2. The molecule has 186 valence electrons. The van der Waals surface area contributed by atoms with Crippen LogP contribution in [0.4, 0.5) is 0 Å². The van der Waals surface area contributed by atoms with Crippen LogP contribution in [0.2, 0.25) is 0 Å². The van der Waals surface area contributed by atoms with Crippen LogP contribution in [-0.2, 0) is 0 Å². The quantitative estimate of drug-likeness (QED) is 0.212. The Labute approximate surface area is 230 Å². The summed E-state index contributed by atoms with van der Waals surface area (Å²) in [5, 5.41) is 8.46. The Balaban J connectivity index is 1.61. The van der Waals surface area contributed by atoms with E-state index in [0.29, 0.717) is 0 Å². The lowest BCUT2D eigenvalue weighted by molar-refractivity contribution is 0.669. The minimum Gasteiger partial charge on any atom is -0.456 e. The van der Waals surface area contributed by atoms with E-state index in [9.17, 15) is 0 Å². The highest BCUT2D eigenvalue weighted by Crippen LogP contribution is 2.44. The number of aromatic nitrogens is 1. The Hall–Kier alpha value is -5.34. The minimum absolute atomic E-state index is 0.916. The predicted molar refractivity (Wildman–Crippen MR) is 168 cm³/mol. The van der Waals surface area contributed by atoms with Crippen LogP contribution in [0.1, 0.15) is 0 Å². The van der Waals surface area contributed by atoms with Gasteiger partial charge in [-0.2, -0.15) is 0 Å². The molecule has 2 nitrogen and oxygen atoms in total. The summed E-state index contributed by atoms with van der Waals surface area (Å²) in [5.74, 6) is 0. The molecule has 0 spiro atoms. The minimum atomic E-state index is 0.916. The first-order chi connectivity index (χ1) is 19.8. The van der Waals surface area contributed by atoms with Gasteiger partial charge in [0.2, 0.25) is 0 Å². The second-order valence-corrected chi connectivity index (χ2v) is 10.5. The third kappa shape index (κ3) is 2.93. The number of benzene rings is 6. The van der Waals surface area contributed by atoms with Crippen molar-refractivity contribution in [2.75, 3.05) is 0 Å². The molecule has 0 aliphatic rings. The molecule has 0 amide bonds. The van der Waals surface area contributed by atoms with Crippen molar-refractivity contribution in [2.24, 2.45) is 0 Å². The zero-order valence-electron chi connectivity index (χ0n) is 21.6. The standard InChI is InChI=1S/C38H23NO/c1-3-11-24(12-4-1)30-21-33(26-14-5-2-6-15-26)39-34-22-32-28-17-9-10-18-35(28)40-36(32)23-31(34)29-20-19-25-13-7-8-16-27(25)37(29)38(30)39/h1-23H. The fraction of sp³-hybridized carbons (Fsp3) is 0. The van der Waals surface area contributed by atoms with Crippen LogP contribution in [0, 0.1) is 0 Å². The maximum Gasteiger partial charge on any atom is 0.136 e. The molecule has 0 atom stereocenters. The molecule has 0 unspecified atom stereocenters. The number of nitrogens with zero attached hydrogens (tertiary/aromatic N) is 1. The molecule has 2 heteroatoms. The fourth-order valence-electron chi connectivity index (χ4n) is 6.58. The summed E-state index contributed by atoms with van der Waals surface area (Å²) in [6.45, 7) is 0. The van der Waals surface area contributed by atoms with E-state index in [1.54, 1.807) is 0 Å². The number of hydrogen-bond acceptors (Lipinski definition) is 1. The molecule has 0 N–H and O–H groups in total. The van der Waals surface area contributed by atoms with Gasteiger partial charge in [0.05, 0.1) is 16.7 Å². The normalized spacial score (nSPS) is 12.0. The number of hydrogen-bond donors (Lipinski definition) is 0. The zero-order chi connectivity index (χ0) is 26.2. The number of furan rings is 1. The Morgan fingerprint density at radius 3 is 1.98 bits per heavy atom. The summed E-state index contributed by atoms with van der Waals surface area (Å²) in [6, 6.07) is 50.1. The maximum atomic E-state index is 6.39. The van der Waals surface area contributed by atoms with Crippen LogP contribution in [0.15, 0.2) is 144 Å². The lowest BCUT2D eigenvalue weighted by Crippen LogP contribution is -1.95. The zero-order valence-corrected chi connectivity index (χ0v) is 21.6. The first-order valence-electron chi connectivity index (χ1n) is 13.7. The molecular formula is C38H23NO. The van der Waals surface area contributed by atoms with Gasteiger partial charge in [0.25, 0.3) is 0 Å². The largest absolute Gasteiger partial charge is 0.456 e. The summed E-state index contributed by atoms with van der Waals surface area (Å²) in [7, 11) is 0. The molecule has 0 aliphatic heterocycles. The van der Waals surface area contributed by atoms with Crippen LogP contribution in [0.25, 0.3) is 82.3 Å². The van der Waals surface area contributed by atoms with Crippen molar-refractivity contribution in [3.05, 3.63) is 140 Å². The molecule has 9 aromatic rings. The molecule has 3 aromatic heterocycles. The van der Waals surface area contributed by atoms with Crippen LogP contribution in [0.3, 0.4) is 0 Å². The predicted octanol–water partition coefficient (Wildman–Crippen LogP) is 10.6. The smallest absolute Gasteiger partial charge is 0.136 e. The summed E-state index contributed by atoms with van der Waals surface area (Å²) >= 11 is 0. The van der Waals surface area contributed by atoms with Gasteiger partial charge in [0.15, 0.2) is 0 Å². The first kappa shape index (κ1) is 21.6. The number of fused-ring (bicyclic) bond motifs is 11. The van der Waals surface area contributed by atoms with Crippen molar-refractivity contribution in [3.8, 4) is 22.4 Å². The van der Waals surface area contributed by atoms with Crippen molar-refractivity contribution in [1.29, 1.82) is 0 Å². The van der Waals surface area contributed by atoms with Crippen LogP contribution < -0.4 is 0 Å².